The fourth-order valence-corrected chi connectivity index (χ4v) is 1.44. The van der Waals surface area contributed by atoms with Gasteiger partial charge in [0.1, 0.15) is 5.75 Å². The van der Waals surface area contributed by atoms with Gasteiger partial charge >= 0.3 is 6.98 Å². The lowest BCUT2D eigenvalue weighted by molar-refractivity contribution is 0.415. The maximum absolute atomic E-state index is 12.4. The highest BCUT2D eigenvalue weighted by Crippen LogP contribution is 2.28. The van der Waals surface area contributed by atoms with Gasteiger partial charge in [0, 0.05) is 13.6 Å². The van der Waals surface area contributed by atoms with Crippen LogP contribution in [0.1, 0.15) is 0 Å². The minimum atomic E-state index is -4.99. The zero-order valence-corrected chi connectivity index (χ0v) is 9.79. The fourth-order valence-electron chi connectivity index (χ4n) is 1.44. The highest BCUT2D eigenvalue weighted by Gasteiger charge is 2.27. The molecule has 0 heterocycles. The number of ether oxygens (including phenoxy) is 1. The Labute approximate surface area is 98.7 Å². The van der Waals surface area contributed by atoms with Gasteiger partial charge in [-0.15, -0.1) is 12.1 Å². The Bertz CT molecular complexity index is 406. The first-order chi connectivity index (χ1) is 7.86. The first-order valence-electron chi connectivity index (χ1n) is 5.08. The molecular formula is C11H14BF3NO-. The largest absolute Gasteiger partial charge is 0.506 e. The Morgan fingerprint density at radius 3 is 2.47 bits per heavy atom. The second-order valence-electron chi connectivity index (χ2n) is 3.76. The van der Waals surface area contributed by atoms with Crippen LogP contribution in [0.25, 0.3) is 0 Å². The Hall–Kier alpha value is -1.59. The van der Waals surface area contributed by atoms with E-state index in [0.717, 1.165) is 0 Å². The summed E-state index contributed by atoms with van der Waals surface area (Å²) in [5.41, 5.74) is -0.116. The van der Waals surface area contributed by atoms with E-state index in [-0.39, 0.29) is 6.54 Å². The van der Waals surface area contributed by atoms with Crippen LogP contribution in [-0.4, -0.2) is 27.7 Å². The van der Waals surface area contributed by atoms with E-state index < -0.39 is 12.4 Å². The molecule has 6 heteroatoms. The Balaban J connectivity index is 2.83. The third-order valence-electron chi connectivity index (χ3n) is 2.40. The quantitative estimate of drug-likeness (QED) is 0.738. The number of halogens is 3. The van der Waals surface area contributed by atoms with Gasteiger partial charge < -0.3 is 22.6 Å². The summed E-state index contributed by atoms with van der Waals surface area (Å²) in [5.74, 6) is 0.539. The minimum absolute atomic E-state index is 0.260. The molecule has 2 nitrogen and oxygen atoms in total. The van der Waals surface area contributed by atoms with Crippen LogP contribution in [0.5, 0.6) is 5.75 Å². The molecule has 0 aliphatic rings. The SMILES string of the molecule is C=C(CN(C)c1ccccc1OC)[B-](F)(F)F. The van der Waals surface area contributed by atoms with Gasteiger partial charge in [-0.1, -0.05) is 12.1 Å². The first-order valence-corrected chi connectivity index (χ1v) is 5.08. The molecule has 17 heavy (non-hydrogen) atoms. The van der Waals surface area contributed by atoms with E-state index in [0.29, 0.717) is 11.4 Å². The van der Waals surface area contributed by atoms with Gasteiger partial charge in [0.2, 0.25) is 0 Å². The summed E-state index contributed by atoms with van der Waals surface area (Å²) in [5, 5.41) is 0. The van der Waals surface area contributed by atoms with Crippen LogP contribution in [0.3, 0.4) is 0 Å². The number of rotatable bonds is 5. The lowest BCUT2D eigenvalue weighted by Crippen LogP contribution is -2.30. The standard InChI is InChI=1S/C11H14BF3NO/c1-9(12(13,14)15)8-16(2)10-6-4-5-7-11(10)17-3/h4-7H,1,8H2,2-3H3/q-1. The predicted molar refractivity (Wildman–Crippen MR) is 64.5 cm³/mol. The number of anilines is 1. The number of para-hydroxylation sites is 2. The van der Waals surface area contributed by atoms with Crippen molar-refractivity contribution in [2.75, 3.05) is 25.6 Å². The summed E-state index contributed by atoms with van der Waals surface area (Å²) in [6, 6.07) is 6.91. The molecule has 0 radical (unpaired) electrons. The lowest BCUT2D eigenvalue weighted by atomic mass is 9.80. The van der Waals surface area contributed by atoms with Gasteiger partial charge in [-0.25, -0.2) is 0 Å². The molecule has 0 aromatic heterocycles. The molecule has 94 valence electrons. The van der Waals surface area contributed by atoms with Gasteiger partial charge in [0.25, 0.3) is 0 Å². The molecule has 0 amide bonds. The van der Waals surface area contributed by atoms with Crippen LogP contribution < -0.4 is 9.64 Å². The van der Waals surface area contributed by atoms with E-state index >= 15 is 0 Å². The van der Waals surface area contributed by atoms with Crippen molar-refractivity contribution in [2.24, 2.45) is 0 Å². The molecule has 0 saturated heterocycles. The van der Waals surface area contributed by atoms with Crippen LogP contribution in [0, 0.1) is 0 Å². The minimum Gasteiger partial charge on any atom is -0.495 e. The third kappa shape index (κ3) is 3.44. The van der Waals surface area contributed by atoms with Crippen molar-refractivity contribution < 1.29 is 17.7 Å². The van der Waals surface area contributed by atoms with E-state index in [9.17, 15) is 12.9 Å². The predicted octanol–water partition coefficient (Wildman–Crippen LogP) is 3.07. The number of hydrogen-bond donors (Lipinski definition) is 0. The van der Waals surface area contributed by atoms with E-state index in [1.165, 1.54) is 12.0 Å². The maximum Gasteiger partial charge on any atom is 0.506 e. The molecule has 0 fully saturated rings. The topological polar surface area (TPSA) is 12.5 Å². The molecule has 0 aliphatic heterocycles. The molecule has 1 aromatic rings. The van der Waals surface area contributed by atoms with Crippen molar-refractivity contribution in [1.82, 2.24) is 0 Å². The van der Waals surface area contributed by atoms with Crippen molar-refractivity contribution >= 4 is 12.7 Å². The second kappa shape index (κ2) is 5.16. The summed E-state index contributed by atoms with van der Waals surface area (Å²) in [4.78, 5) is 1.47. The monoisotopic (exact) mass is 244 g/mol. The number of benzene rings is 1. The van der Waals surface area contributed by atoms with Gasteiger partial charge in [0.15, 0.2) is 0 Å². The molecule has 0 atom stereocenters. The average Bonchev–Trinajstić information content (AvgIpc) is 2.27. The van der Waals surface area contributed by atoms with Crippen LogP contribution in [0.2, 0.25) is 0 Å². The van der Waals surface area contributed by atoms with Gasteiger partial charge in [-0.2, -0.15) is 0 Å². The van der Waals surface area contributed by atoms with E-state index in [1.807, 2.05) is 0 Å². The molecule has 1 aromatic carbocycles. The Kier molecular flexibility index (Phi) is 4.09. The van der Waals surface area contributed by atoms with Crippen LogP contribution in [-0.2, 0) is 0 Å². The highest BCUT2D eigenvalue weighted by molar-refractivity contribution is 6.66. The third-order valence-corrected chi connectivity index (χ3v) is 2.40. The van der Waals surface area contributed by atoms with Crippen LogP contribution in [0.15, 0.2) is 36.3 Å². The number of nitrogens with zero attached hydrogens (tertiary/aromatic N) is 1. The molecular weight excluding hydrogens is 230 g/mol. The first kappa shape index (κ1) is 13.5. The summed E-state index contributed by atoms with van der Waals surface area (Å²) in [7, 11) is 3.06. The van der Waals surface area contributed by atoms with Crippen molar-refractivity contribution in [1.29, 1.82) is 0 Å². The van der Waals surface area contributed by atoms with Gasteiger partial charge in [-0.3, -0.25) is 0 Å². The van der Waals surface area contributed by atoms with E-state index in [1.54, 1.807) is 31.3 Å². The molecule has 0 N–H and O–H groups in total. The van der Waals surface area contributed by atoms with Crippen LogP contribution in [0.4, 0.5) is 18.6 Å². The number of methoxy groups -OCH3 is 1. The summed E-state index contributed by atoms with van der Waals surface area (Å²) < 4.78 is 42.3. The van der Waals surface area contributed by atoms with Crippen LogP contribution >= 0.6 is 0 Å². The highest BCUT2D eigenvalue weighted by atomic mass is 19.4. The van der Waals surface area contributed by atoms with Crippen molar-refractivity contribution in [3.63, 3.8) is 0 Å². The Morgan fingerprint density at radius 2 is 1.94 bits per heavy atom. The zero-order chi connectivity index (χ0) is 13.1. The van der Waals surface area contributed by atoms with E-state index in [2.05, 4.69) is 6.58 Å². The van der Waals surface area contributed by atoms with Crippen molar-refractivity contribution in [2.45, 2.75) is 0 Å². The smallest absolute Gasteiger partial charge is 0.495 e. The number of hydrogen-bond acceptors (Lipinski definition) is 2. The molecule has 0 unspecified atom stereocenters. The van der Waals surface area contributed by atoms with Crippen molar-refractivity contribution in [3.05, 3.63) is 36.3 Å². The normalized spacial score (nSPS) is 11.1. The molecule has 0 saturated carbocycles. The summed E-state index contributed by atoms with van der Waals surface area (Å²) in [6.07, 6.45) is 0. The van der Waals surface area contributed by atoms with Gasteiger partial charge in [0.05, 0.1) is 12.8 Å². The summed E-state index contributed by atoms with van der Waals surface area (Å²) in [6.45, 7) is -2.19. The second-order valence-corrected chi connectivity index (χ2v) is 3.76. The molecule has 0 bridgehead atoms. The maximum atomic E-state index is 12.4. The van der Waals surface area contributed by atoms with Gasteiger partial charge in [-0.05, 0) is 12.1 Å². The molecule has 0 spiro atoms. The average molecular weight is 244 g/mol. The van der Waals surface area contributed by atoms with Crippen molar-refractivity contribution in [3.8, 4) is 5.75 Å². The zero-order valence-electron chi connectivity index (χ0n) is 9.79. The number of likely N-dealkylation sites (N-methyl/N-ethyl adjacent to an activating group) is 1. The molecule has 1 rings (SSSR count). The fraction of sp³-hybridized carbons (Fsp3) is 0.273. The van der Waals surface area contributed by atoms with E-state index in [4.69, 9.17) is 4.74 Å². The Morgan fingerprint density at radius 1 is 1.35 bits per heavy atom. The summed E-state index contributed by atoms with van der Waals surface area (Å²) >= 11 is 0. The lowest BCUT2D eigenvalue weighted by Gasteiger charge is -2.27. The molecule has 0 aliphatic carbocycles.